The van der Waals surface area contributed by atoms with Gasteiger partial charge >= 0.3 is 0 Å². The topological polar surface area (TPSA) is 12.4 Å². The zero-order valence-corrected chi connectivity index (χ0v) is 6.19. The van der Waals surface area contributed by atoms with E-state index in [-0.39, 0.29) is 0 Å². The Morgan fingerprint density at radius 2 is 1.89 bits per heavy atom. The normalized spacial score (nSPS) is 19.9. The van der Waals surface area contributed by atoms with Gasteiger partial charge in [0.2, 0.25) is 0 Å². The molecule has 0 saturated heterocycles. The van der Waals surface area contributed by atoms with Gasteiger partial charge in [0.05, 0.1) is 0 Å². The monoisotopic (exact) mass is 125 g/mol. The SMILES string of the molecule is CCN=C1CCCCC1. The van der Waals surface area contributed by atoms with Crippen molar-refractivity contribution in [2.24, 2.45) is 4.99 Å². The standard InChI is InChI=1S/C8H15N/c1-2-9-8-6-4-3-5-7-8/h2-7H2,1H3. The quantitative estimate of drug-likeness (QED) is 0.510. The molecule has 0 amide bonds. The van der Waals surface area contributed by atoms with Crippen molar-refractivity contribution in [3.05, 3.63) is 0 Å². The summed E-state index contributed by atoms with van der Waals surface area (Å²) in [5.41, 5.74) is 1.46. The van der Waals surface area contributed by atoms with Crippen LogP contribution < -0.4 is 0 Å². The van der Waals surface area contributed by atoms with E-state index >= 15 is 0 Å². The molecule has 52 valence electrons. The molecule has 0 heterocycles. The van der Waals surface area contributed by atoms with Gasteiger partial charge in [-0.2, -0.15) is 0 Å². The molecule has 1 nitrogen and oxygen atoms in total. The summed E-state index contributed by atoms with van der Waals surface area (Å²) >= 11 is 0. The van der Waals surface area contributed by atoms with E-state index in [1.807, 2.05) is 0 Å². The fourth-order valence-electron chi connectivity index (χ4n) is 1.34. The maximum atomic E-state index is 4.40. The van der Waals surface area contributed by atoms with Gasteiger partial charge in [0.1, 0.15) is 0 Å². The zero-order valence-electron chi connectivity index (χ0n) is 6.19. The molecule has 1 saturated carbocycles. The van der Waals surface area contributed by atoms with Crippen molar-refractivity contribution < 1.29 is 0 Å². The van der Waals surface area contributed by atoms with Crippen molar-refractivity contribution >= 4 is 5.71 Å². The van der Waals surface area contributed by atoms with Gasteiger partial charge in [0.25, 0.3) is 0 Å². The van der Waals surface area contributed by atoms with Crippen LogP contribution in [0.1, 0.15) is 39.0 Å². The van der Waals surface area contributed by atoms with Gasteiger partial charge < -0.3 is 0 Å². The van der Waals surface area contributed by atoms with Crippen LogP contribution in [0, 0.1) is 0 Å². The predicted octanol–water partition coefficient (Wildman–Crippen LogP) is 2.41. The summed E-state index contributed by atoms with van der Waals surface area (Å²) in [4.78, 5) is 4.40. The summed E-state index contributed by atoms with van der Waals surface area (Å²) in [6.07, 6.45) is 6.71. The number of hydrogen-bond donors (Lipinski definition) is 0. The highest BCUT2D eigenvalue weighted by atomic mass is 14.7. The average molecular weight is 125 g/mol. The third kappa shape index (κ3) is 2.17. The largest absolute Gasteiger partial charge is 0.294 e. The van der Waals surface area contributed by atoms with Crippen LogP contribution in [0.3, 0.4) is 0 Å². The Morgan fingerprint density at radius 1 is 1.22 bits per heavy atom. The summed E-state index contributed by atoms with van der Waals surface area (Å²) in [6, 6.07) is 0. The van der Waals surface area contributed by atoms with Crippen molar-refractivity contribution in [1.29, 1.82) is 0 Å². The minimum atomic E-state index is 0.981. The van der Waals surface area contributed by atoms with E-state index in [9.17, 15) is 0 Å². The lowest BCUT2D eigenvalue weighted by Crippen LogP contribution is -2.04. The van der Waals surface area contributed by atoms with Crippen molar-refractivity contribution in [3.63, 3.8) is 0 Å². The average Bonchev–Trinajstić information content (AvgIpc) is 1.91. The van der Waals surface area contributed by atoms with Gasteiger partial charge in [-0.25, -0.2) is 0 Å². The molecule has 0 N–H and O–H groups in total. The van der Waals surface area contributed by atoms with Gasteiger partial charge in [-0.1, -0.05) is 6.42 Å². The van der Waals surface area contributed by atoms with E-state index in [0.717, 1.165) is 6.54 Å². The van der Waals surface area contributed by atoms with Crippen molar-refractivity contribution in [2.75, 3.05) is 6.54 Å². The molecule has 0 atom stereocenters. The van der Waals surface area contributed by atoms with Crippen LogP contribution in [0.4, 0.5) is 0 Å². The maximum Gasteiger partial charge on any atom is 0.0360 e. The van der Waals surface area contributed by atoms with Crippen LogP contribution in [0.5, 0.6) is 0 Å². The Labute approximate surface area is 57.2 Å². The lowest BCUT2D eigenvalue weighted by molar-refractivity contribution is 0.664. The molecule has 0 radical (unpaired) electrons. The Kier molecular flexibility index (Phi) is 2.75. The minimum Gasteiger partial charge on any atom is -0.294 e. The minimum absolute atomic E-state index is 0.981. The first kappa shape index (κ1) is 6.79. The summed E-state index contributed by atoms with van der Waals surface area (Å²) in [7, 11) is 0. The van der Waals surface area contributed by atoms with Gasteiger partial charge in [0.15, 0.2) is 0 Å². The van der Waals surface area contributed by atoms with Gasteiger partial charge in [-0.15, -0.1) is 0 Å². The Morgan fingerprint density at radius 3 is 2.44 bits per heavy atom. The third-order valence-corrected chi connectivity index (χ3v) is 1.81. The summed E-state index contributed by atoms with van der Waals surface area (Å²) in [5.74, 6) is 0. The Balaban J connectivity index is 2.30. The van der Waals surface area contributed by atoms with Crippen molar-refractivity contribution in [1.82, 2.24) is 0 Å². The number of rotatable bonds is 1. The molecule has 0 aromatic heterocycles. The maximum absolute atomic E-state index is 4.40. The van der Waals surface area contributed by atoms with Crippen LogP contribution in [0.2, 0.25) is 0 Å². The fourth-order valence-corrected chi connectivity index (χ4v) is 1.34. The molecule has 1 aliphatic rings. The van der Waals surface area contributed by atoms with E-state index in [2.05, 4.69) is 11.9 Å². The molecule has 0 bridgehead atoms. The van der Waals surface area contributed by atoms with E-state index in [1.54, 1.807) is 0 Å². The zero-order chi connectivity index (χ0) is 6.53. The lowest BCUT2D eigenvalue weighted by Gasteiger charge is -2.11. The molecule has 0 unspecified atom stereocenters. The van der Waals surface area contributed by atoms with Gasteiger partial charge in [-0.05, 0) is 32.6 Å². The second-order valence-corrected chi connectivity index (χ2v) is 2.60. The molecular weight excluding hydrogens is 110 g/mol. The molecule has 1 aliphatic carbocycles. The molecule has 0 aromatic rings. The third-order valence-electron chi connectivity index (χ3n) is 1.81. The van der Waals surface area contributed by atoms with Crippen LogP contribution in [-0.4, -0.2) is 12.3 Å². The molecular formula is C8H15N. The van der Waals surface area contributed by atoms with Crippen LogP contribution in [0.15, 0.2) is 4.99 Å². The molecule has 1 rings (SSSR count). The fraction of sp³-hybridized carbons (Fsp3) is 0.875. The second-order valence-electron chi connectivity index (χ2n) is 2.60. The molecule has 0 aromatic carbocycles. The number of aliphatic imine (C=N–C) groups is 1. The van der Waals surface area contributed by atoms with E-state index in [1.165, 1.54) is 37.8 Å². The van der Waals surface area contributed by atoms with Crippen LogP contribution in [-0.2, 0) is 0 Å². The van der Waals surface area contributed by atoms with E-state index < -0.39 is 0 Å². The first-order valence-corrected chi connectivity index (χ1v) is 3.95. The van der Waals surface area contributed by atoms with Crippen LogP contribution >= 0.6 is 0 Å². The number of nitrogens with zero attached hydrogens (tertiary/aromatic N) is 1. The molecule has 1 fully saturated rings. The smallest absolute Gasteiger partial charge is 0.0360 e. The highest BCUT2D eigenvalue weighted by Gasteiger charge is 2.04. The molecule has 0 spiro atoms. The first-order chi connectivity index (χ1) is 4.43. The summed E-state index contributed by atoms with van der Waals surface area (Å²) in [6.45, 7) is 3.09. The first-order valence-electron chi connectivity index (χ1n) is 3.95. The molecule has 1 heteroatoms. The number of hydrogen-bond acceptors (Lipinski definition) is 1. The van der Waals surface area contributed by atoms with Crippen molar-refractivity contribution in [2.45, 2.75) is 39.0 Å². The Bertz CT molecular complexity index is 97.1. The summed E-state index contributed by atoms with van der Waals surface area (Å²) < 4.78 is 0. The van der Waals surface area contributed by atoms with E-state index in [0.29, 0.717) is 0 Å². The van der Waals surface area contributed by atoms with Gasteiger partial charge in [-0.3, -0.25) is 4.99 Å². The summed E-state index contributed by atoms with van der Waals surface area (Å²) in [5, 5.41) is 0. The molecule has 0 aliphatic heterocycles. The molecule has 9 heavy (non-hydrogen) atoms. The highest BCUT2D eigenvalue weighted by molar-refractivity contribution is 5.84. The predicted molar refractivity (Wildman–Crippen MR) is 41.1 cm³/mol. The van der Waals surface area contributed by atoms with Crippen molar-refractivity contribution in [3.8, 4) is 0 Å². The highest BCUT2D eigenvalue weighted by Crippen LogP contribution is 2.14. The van der Waals surface area contributed by atoms with E-state index in [4.69, 9.17) is 0 Å². The van der Waals surface area contributed by atoms with Crippen LogP contribution in [0.25, 0.3) is 0 Å². The Hall–Kier alpha value is -0.330. The van der Waals surface area contributed by atoms with Gasteiger partial charge in [0, 0.05) is 12.3 Å². The lowest BCUT2D eigenvalue weighted by atomic mass is 9.99. The second kappa shape index (κ2) is 3.65.